The fourth-order valence-corrected chi connectivity index (χ4v) is 6.19. The second-order valence-electron chi connectivity index (χ2n) is 12.3. The summed E-state index contributed by atoms with van der Waals surface area (Å²) in [4.78, 5) is 41.8. The minimum Gasteiger partial charge on any atom is -0.354 e. The molecule has 5 rings (SSSR count). The van der Waals surface area contributed by atoms with Crippen molar-refractivity contribution in [1.29, 1.82) is 0 Å². The van der Waals surface area contributed by atoms with Crippen LogP contribution in [0.2, 0.25) is 0 Å². The first-order valence-corrected chi connectivity index (χ1v) is 15.1. The first-order valence-electron chi connectivity index (χ1n) is 15.1. The van der Waals surface area contributed by atoms with Crippen molar-refractivity contribution in [2.24, 2.45) is 11.8 Å². The lowest BCUT2D eigenvalue weighted by Crippen LogP contribution is -2.56. The van der Waals surface area contributed by atoms with E-state index in [1.165, 1.54) is 28.2 Å². The maximum absolute atomic E-state index is 13.6. The van der Waals surface area contributed by atoms with Gasteiger partial charge in [0.25, 0.3) is 0 Å². The molecule has 0 radical (unpaired) electrons. The number of nitrogens with zero attached hydrogens (tertiary/aromatic N) is 1. The number of benzene rings is 2. The first kappa shape index (κ1) is 29.2. The highest BCUT2D eigenvalue weighted by molar-refractivity contribution is 5.93. The Hall–Kier alpha value is -3.26. The van der Waals surface area contributed by atoms with Gasteiger partial charge in [0.05, 0.1) is 6.04 Å². The summed E-state index contributed by atoms with van der Waals surface area (Å²) in [6, 6.07) is 12.7. The van der Waals surface area contributed by atoms with Gasteiger partial charge in [0.1, 0.15) is 17.9 Å². The van der Waals surface area contributed by atoms with E-state index >= 15 is 0 Å². The molecule has 2 unspecified atom stereocenters. The van der Waals surface area contributed by atoms with Gasteiger partial charge in [-0.1, -0.05) is 43.3 Å². The zero-order chi connectivity index (χ0) is 29.1. The third kappa shape index (κ3) is 7.15. The van der Waals surface area contributed by atoms with Gasteiger partial charge in [0.2, 0.25) is 17.7 Å². The summed E-state index contributed by atoms with van der Waals surface area (Å²) >= 11 is 0. The van der Waals surface area contributed by atoms with Crippen LogP contribution >= 0.6 is 0 Å². The van der Waals surface area contributed by atoms with Gasteiger partial charge in [-0.2, -0.15) is 0 Å². The van der Waals surface area contributed by atoms with Crippen LogP contribution in [-0.2, 0) is 20.8 Å². The minimum absolute atomic E-state index is 0.0841. The number of nitrogens with one attached hydrogen (secondary N) is 3. The number of hydrogen-bond donors (Lipinski definition) is 3. The number of hydrogen-bond acceptors (Lipinski definition) is 4. The number of likely N-dealkylation sites (N-methyl/N-ethyl adjacent to an activating group) is 1. The largest absolute Gasteiger partial charge is 0.354 e. The molecule has 8 heteroatoms. The van der Waals surface area contributed by atoms with Crippen molar-refractivity contribution < 1.29 is 18.8 Å². The van der Waals surface area contributed by atoms with E-state index in [2.05, 4.69) is 47.1 Å². The highest BCUT2D eigenvalue weighted by Crippen LogP contribution is 2.51. The Bertz CT molecular complexity index is 1250. The number of amides is 3. The molecule has 2 aliphatic carbocycles. The van der Waals surface area contributed by atoms with Crippen molar-refractivity contribution in [3.05, 3.63) is 71.0 Å². The summed E-state index contributed by atoms with van der Waals surface area (Å²) in [5.41, 5.74) is 3.47. The molecule has 1 aliphatic heterocycles. The van der Waals surface area contributed by atoms with E-state index in [-0.39, 0.29) is 36.0 Å². The average Bonchev–Trinajstić information content (AvgIpc) is 3.90. The molecule has 2 aromatic carbocycles. The molecule has 3 amide bonds. The summed E-state index contributed by atoms with van der Waals surface area (Å²) in [6.45, 7) is 5.14. The van der Waals surface area contributed by atoms with E-state index in [4.69, 9.17) is 0 Å². The average molecular weight is 563 g/mol. The van der Waals surface area contributed by atoms with Gasteiger partial charge in [-0.3, -0.25) is 14.4 Å². The third-order valence-electron chi connectivity index (χ3n) is 9.26. The van der Waals surface area contributed by atoms with Crippen LogP contribution in [0.15, 0.2) is 48.5 Å². The lowest BCUT2D eigenvalue weighted by Gasteiger charge is -2.30. The molecule has 0 spiro atoms. The number of carbonyl (C=O) groups is 3. The first-order chi connectivity index (χ1) is 19.7. The van der Waals surface area contributed by atoms with Crippen molar-refractivity contribution in [3.8, 4) is 0 Å². The topological polar surface area (TPSA) is 90.5 Å². The normalized spacial score (nSPS) is 30.1. The van der Waals surface area contributed by atoms with Crippen LogP contribution in [0.25, 0.3) is 0 Å². The van der Waals surface area contributed by atoms with Crippen molar-refractivity contribution in [3.63, 3.8) is 0 Å². The van der Waals surface area contributed by atoms with E-state index in [0.29, 0.717) is 24.3 Å². The third-order valence-corrected chi connectivity index (χ3v) is 9.26. The highest BCUT2D eigenvalue weighted by atomic mass is 19.1. The van der Waals surface area contributed by atoms with E-state index in [0.717, 1.165) is 44.2 Å². The maximum atomic E-state index is 13.6. The monoisotopic (exact) mass is 562 g/mol. The Morgan fingerprint density at radius 3 is 2.27 bits per heavy atom. The van der Waals surface area contributed by atoms with Crippen LogP contribution in [0.5, 0.6) is 0 Å². The molecule has 3 aliphatic rings. The van der Waals surface area contributed by atoms with Gasteiger partial charge in [-0.05, 0) is 98.1 Å². The Morgan fingerprint density at radius 2 is 1.56 bits per heavy atom. The van der Waals surface area contributed by atoms with Gasteiger partial charge in [-0.15, -0.1) is 0 Å². The summed E-state index contributed by atoms with van der Waals surface area (Å²) in [5.74, 6) is 0.572. The number of halogens is 1. The molecule has 0 saturated heterocycles. The molecular weight excluding hydrogens is 519 g/mol. The molecule has 0 bridgehead atoms. The number of fused-ring (bicyclic) bond motifs is 3. The van der Waals surface area contributed by atoms with Crippen LogP contribution in [0.3, 0.4) is 0 Å². The fraction of sp³-hybridized carbons (Fsp3) is 0.545. The SMILES string of the molecule is CC1CCNC(=O)[C@@H](Cc2ccc(F)cc2)NC(=O)[C@@H](C)N(C)C(=O)[C@H](C2CC2)NCC[C@@H]2CC2c2ccccc21. The van der Waals surface area contributed by atoms with Crippen molar-refractivity contribution >= 4 is 17.7 Å². The zero-order valence-corrected chi connectivity index (χ0v) is 24.4. The number of rotatable bonds is 3. The molecule has 7 nitrogen and oxygen atoms in total. The molecule has 41 heavy (non-hydrogen) atoms. The molecular formula is C33H43FN4O3. The Kier molecular flexibility index (Phi) is 9.07. The molecule has 2 aromatic rings. The number of carbonyl (C=O) groups excluding carboxylic acids is 3. The van der Waals surface area contributed by atoms with E-state index in [9.17, 15) is 18.8 Å². The van der Waals surface area contributed by atoms with Gasteiger partial charge in [0, 0.05) is 20.0 Å². The lowest BCUT2D eigenvalue weighted by atomic mass is 9.90. The smallest absolute Gasteiger partial charge is 0.243 e. The lowest BCUT2D eigenvalue weighted by molar-refractivity contribution is -0.141. The second kappa shape index (κ2) is 12.7. The highest BCUT2D eigenvalue weighted by Gasteiger charge is 2.42. The van der Waals surface area contributed by atoms with E-state index in [1.807, 2.05) is 0 Å². The van der Waals surface area contributed by atoms with Crippen LogP contribution in [0.1, 0.15) is 74.5 Å². The summed E-state index contributed by atoms with van der Waals surface area (Å²) < 4.78 is 13.5. The van der Waals surface area contributed by atoms with Crippen LogP contribution < -0.4 is 16.0 Å². The Balaban J connectivity index is 1.37. The summed E-state index contributed by atoms with van der Waals surface area (Å²) in [6.07, 6.45) is 5.19. The predicted molar refractivity (Wildman–Crippen MR) is 157 cm³/mol. The van der Waals surface area contributed by atoms with Crippen LogP contribution in [0, 0.1) is 17.7 Å². The maximum Gasteiger partial charge on any atom is 0.243 e. The van der Waals surface area contributed by atoms with Gasteiger partial charge >= 0.3 is 0 Å². The van der Waals surface area contributed by atoms with Crippen molar-refractivity contribution in [1.82, 2.24) is 20.9 Å². The zero-order valence-electron chi connectivity index (χ0n) is 24.4. The Morgan fingerprint density at radius 1 is 0.854 bits per heavy atom. The molecule has 1 heterocycles. The van der Waals surface area contributed by atoms with Crippen LogP contribution in [-0.4, -0.2) is 60.9 Å². The standard InChI is InChI=1S/C33H43FN4O3/c1-20-14-16-36-32(40)29(18-22-8-12-25(34)13-9-22)37-31(39)21(2)38(3)33(41)30(23-10-11-23)35-17-15-24-19-28(24)27-7-5-4-6-26(20)27/h4-9,12-13,20-21,23-24,28-30,35H,10-11,14-19H2,1-3H3,(H,36,40)(H,37,39)/t20?,21-,24-,28?,29-,30+/m1/s1. The predicted octanol–water partition coefficient (Wildman–Crippen LogP) is 3.89. The van der Waals surface area contributed by atoms with Gasteiger partial charge in [0.15, 0.2) is 0 Å². The molecule has 2 saturated carbocycles. The van der Waals surface area contributed by atoms with E-state index < -0.39 is 18.0 Å². The van der Waals surface area contributed by atoms with Crippen molar-refractivity contribution in [2.45, 2.75) is 82.3 Å². The van der Waals surface area contributed by atoms with Crippen molar-refractivity contribution in [2.75, 3.05) is 20.1 Å². The second-order valence-corrected chi connectivity index (χ2v) is 12.3. The van der Waals surface area contributed by atoms with Crippen LogP contribution in [0.4, 0.5) is 4.39 Å². The fourth-order valence-electron chi connectivity index (χ4n) is 6.19. The molecule has 6 atom stereocenters. The molecule has 220 valence electrons. The Labute approximate surface area is 242 Å². The quantitative estimate of drug-likeness (QED) is 0.530. The van der Waals surface area contributed by atoms with Gasteiger partial charge in [-0.25, -0.2) is 4.39 Å². The molecule has 0 aromatic heterocycles. The minimum atomic E-state index is -0.854. The van der Waals surface area contributed by atoms with E-state index in [1.54, 1.807) is 26.1 Å². The molecule has 2 fully saturated rings. The summed E-state index contributed by atoms with van der Waals surface area (Å²) in [5, 5.41) is 9.45. The van der Waals surface area contributed by atoms with Gasteiger partial charge < -0.3 is 20.9 Å². The molecule has 3 N–H and O–H groups in total. The summed E-state index contributed by atoms with van der Waals surface area (Å²) in [7, 11) is 1.66.